The van der Waals surface area contributed by atoms with Crippen LogP contribution in [0, 0.1) is 5.92 Å². The van der Waals surface area contributed by atoms with E-state index in [1.807, 2.05) is 0 Å². The molecule has 2 saturated heterocycles. The number of rotatable bonds is 8. The van der Waals surface area contributed by atoms with Gasteiger partial charge >= 0.3 is 0 Å². The summed E-state index contributed by atoms with van der Waals surface area (Å²) in [6.45, 7) is 16.2. The van der Waals surface area contributed by atoms with E-state index in [0.717, 1.165) is 71.7 Å². The van der Waals surface area contributed by atoms with Crippen LogP contribution in [0.25, 0.3) is 0 Å². The molecular formula is C23H40IN5O2. The largest absolute Gasteiger partial charge is 0.379 e. The lowest BCUT2D eigenvalue weighted by Gasteiger charge is -2.37. The molecule has 1 aromatic carbocycles. The zero-order valence-corrected chi connectivity index (χ0v) is 21.6. The van der Waals surface area contributed by atoms with Crippen molar-refractivity contribution in [1.29, 1.82) is 0 Å². The van der Waals surface area contributed by atoms with Gasteiger partial charge in [0.1, 0.15) is 0 Å². The topological polar surface area (TPSA) is 61.4 Å². The van der Waals surface area contributed by atoms with Gasteiger partial charge in [-0.2, -0.15) is 0 Å². The van der Waals surface area contributed by atoms with Crippen molar-refractivity contribution in [2.45, 2.75) is 33.4 Å². The molecule has 2 aliphatic rings. The summed E-state index contributed by atoms with van der Waals surface area (Å²) >= 11 is 0. The van der Waals surface area contributed by atoms with Crippen LogP contribution < -0.4 is 15.5 Å². The molecule has 0 aliphatic carbocycles. The Morgan fingerprint density at radius 3 is 2.29 bits per heavy atom. The molecule has 2 aliphatic heterocycles. The number of ether oxygens (including phenoxy) is 2. The number of nitrogens with zero attached hydrogens (tertiary/aromatic N) is 3. The predicted octanol–water partition coefficient (Wildman–Crippen LogP) is 2.55. The summed E-state index contributed by atoms with van der Waals surface area (Å²) in [5.74, 6) is 1.45. The molecule has 176 valence electrons. The first-order valence-corrected chi connectivity index (χ1v) is 11.4. The number of halogens is 1. The first-order valence-electron chi connectivity index (χ1n) is 11.4. The lowest BCUT2D eigenvalue weighted by atomic mass is 10.0. The molecule has 31 heavy (non-hydrogen) atoms. The van der Waals surface area contributed by atoms with Crippen molar-refractivity contribution in [2.24, 2.45) is 10.9 Å². The van der Waals surface area contributed by atoms with E-state index < -0.39 is 0 Å². The Kier molecular flexibility index (Phi) is 11.9. The number of para-hydroxylation sites is 1. The van der Waals surface area contributed by atoms with Crippen molar-refractivity contribution in [1.82, 2.24) is 15.5 Å². The van der Waals surface area contributed by atoms with Gasteiger partial charge in [0, 0.05) is 51.0 Å². The van der Waals surface area contributed by atoms with Gasteiger partial charge in [-0.15, -0.1) is 24.0 Å². The van der Waals surface area contributed by atoms with E-state index in [4.69, 9.17) is 14.5 Å². The van der Waals surface area contributed by atoms with Gasteiger partial charge in [-0.05, 0) is 24.5 Å². The molecule has 7 nitrogen and oxygen atoms in total. The van der Waals surface area contributed by atoms with Crippen molar-refractivity contribution >= 4 is 35.6 Å². The van der Waals surface area contributed by atoms with Crippen molar-refractivity contribution in [3.8, 4) is 0 Å². The first-order chi connectivity index (χ1) is 14.7. The minimum Gasteiger partial charge on any atom is -0.379 e. The third kappa shape index (κ3) is 8.07. The van der Waals surface area contributed by atoms with Gasteiger partial charge < -0.3 is 25.0 Å². The number of anilines is 1. The second-order valence-corrected chi connectivity index (χ2v) is 8.26. The van der Waals surface area contributed by atoms with E-state index >= 15 is 0 Å². The Morgan fingerprint density at radius 1 is 1.00 bits per heavy atom. The van der Waals surface area contributed by atoms with Gasteiger partial charge in [0.15, 0.2) is 5.96 Å². The quantitative estimate of drug-likeness (QED) is 0.298. The monoisotopic (exact) mass is 545 g/mol. The Bertz CT molecular complexity index is 661. The van der Waals surface area contributed by atoms with Crippen LogP contribution >= 0.6 is 24.0 Å². The highest BCUT2D eigenvalue weighted by Gasteiger charge is 2.24. The molecule has 2 heterocycles. The van der Waals surface area contributed by atoms with Crippen LogP contribution in [0.4, 0.5) is 5.69 Å². The third-order valence-electron chi connectivity index (χ3n) is 5.86. The van der Waals surface area contributed by atoms with Crippen LogP contribution in [0.5, 0.6) is 0 Å². The fourth-order valence-electron chi connectivity index (χ4n) is 4.16. The third-order valence-corrected chi connectivity index (χ3v) is 5.86. The number of morpholine rings is 2. The summed E-state index contributed by atoms with van der Waals surface area (Å²) in [4.78, 5) is 9.85. The molecular weight excluding hydrogens is 505 g/mol. The normalized spacial score (nSPS) is 19.1. The van der Waals surface area contributed by atoms with Gasteiger partial charge in [-0.25, -0.2) is 4.99 Å². The van der Waals surface area contributed by atoms with E-state index in [1.165, 1.54) is 11.3 Å². The molecule has 0 amide bonds. The lowest BCUT2D eigenvalue weighted by molar-refractivity contribution is 0.00752. The average Bonchev–Trinajstić information content (AvgIpc) is 2.79. The molecule has 1 atom stereocenters. The van der Waals surface area contributed by atoms with E-state index in [2.05, 4.69) is 65.5 Å². The summed E-state index contributed by atoms with van der Waals surface area (Å²) < 4.78 is 11.0. The number of benzene rings is 1. The number of aliphatic imine (C=N–C) groups is 1. The molecule has 3 rings (SSSR count). The number of guanidine groups is 1. The van der Waals surface area contributed by atoms with Crippen LogP contribution in [-0.4, -0.2) is 82.6 Å². The van der Waals surface area contributed by atoms with Crippen LogP contribution in [0.1, 0.15) is 26.3 Å². The van der Waals surface area contributed by atoms with Crippen LogP contribution in [0.15, 0.2) is 29.3 Å². The molecule has 0 saturated carbocycles. The lowest BCUT2D eigenvalue weighted by Crippen LogP contribution is -2.52. The highest BCUT2D eigenvalue weighted by molar-refractivity contribution is 14.0. The van der Waals surface area contributed by atoms with Gasteiger partial charge in [0.2, 0.25) is 0 Å². The van der Waals surface area contributed by atoms with Crippen LogP contribution in [-0.2, 0) is 16.0 Å². The fraction of sp³-hybridized carbons (Fsp3) is 0.696. The van der Waals surface area contributed by atoms with Crippen molar-refractivity contribution in [3.05, 3.63) is 29.8 Å². The molecule has 0 spiro atoms. The van der Waals surface area contributed by atoms with E-state index in [0.29, 0.717) is 18.5 Å². The van der Waals surface area contributed by atoms with E-state index in [9.17, 15) is 0 Å². The smallest absolute Gasteiger partial charge is 0.191 e. The van der Waals surface area contributed by atoms with E-state index in [1.54, 1.807) is 0 Å². The van der Waals surface area contributed by atoms with Crippen LogP contribution in [0.2, 0.25) is 0 Å². The second kappa shape index (κ2) is 14.1. The highest BCUT2D eigenvalue weighted by Crippen LogP contribution is 2.22. The number of hydrogen-bond donors (Lipinski definition) is 2. The average molecular weight is 546 g/mol. The standard InChI is InChI=1S/C23H39N5O2.HI/c1-4-24-23(26-18-22(19(2)3)28-11-15-30-16-12-28)25-17-20-7-5-6-8-21(20)27-9-13-29-14-10-27;/h5-8,19,22H,4,9-18H2,1-3H3,(H2,24,25,26);1H. The van der Waals surface area contributed by atoms with Gasteiger partial charge in [-0.1, -0.05) is 32.0 Å². The zero-order valence-electron chi connectivity index (χ0n) is 19.3. The molecule has 1 aromatic rings. The van der Waals surface area contributed by atoms with Gasteiger partial charge in [-0.3, -0.25) is 4.90 Å². The Balaban J connectivity index is 0.00000341. The Hall–Kier alpha value is -1.10. The Morgan fingerprint density at radius 2 is 1.65 bits per heavy atom. The van der Waals surface area contributed by atoms with Crippen molar-refractivity contribution in [2.75, 3.05) is 70.6 Å². The maximum Gasteiger partial charge on any atom is 0.191 e. The molecule has 0 radical (unpaired) electrons. The number of nitrogens with one attached hydrogen (secondary N) is 2. The second-order valence-electron chi connectivity index (χ2n) is 8.26. The van der Waals surface area contributed by atoms with Gasteiger partial charge in [0.25, 0.3) is 0 Å². The molecule has 0 aromatic heterocycles. The summed E-state index contributed by atoms with van der Waals surface area (Å²) in [6.07, 6.45) is 0. The predicted molar refractivity (Wildman–Crippen MR) is 139 cm³/mol. The molecule has 2 N–H and O–H groups in total. The molecule has 0 bridgehead atoms. The maximum absolute atomic E-state index is 5.53. The maximum atomic E-state index is 5.53. The van der Waals surface area contributed by atoms with E-state index in [-0.39, 0.29) is 24.0 Å². The van der Waals surface area contributed by atoms with Gasteiger partial charge in [0.05, 0.1) is 33.0 Å². The minimum atomic E-state index is 0. The molecule has 1 unspecified atom stereocenters. The minimum absolute atomic E-state index is 0. The first kappa shape index (κ1) is 26.2. The summed E-state index contributed by atoms with van der Waals surface area (Å²) in [5, 5.41) is 7.00. The summed E-state index contributed by atoms with van der Waals surface area (Å²) in [5.41, 5.74) is 2.53. The van der Waals surface area contributed by atoms with Crippen molar-refractivity contribution in [3.63, 3.8) is 0 Å². The molecule has 8 heteroatoms. The zero-order chi connectivity index (χ0) is 21.2. The van der Waals surface area contributed by atoms with Crippen molar-refractivity contribution < 1.29 is 9.47 Å². The highest BCUT2D eigenvalue weighted by atomic mass is 127. The fourth-order valence-corrected chi connectivity index (χ4v) is 4.16. The summed E-state index contributed by atoms with van der Waals surface area (Å²) in [6, 6.07) is 9.06. The Labute approximate surface area is 205 Å². The summed E-state index contributed by atoms with van der Waals surface area (Å²) in [7, 11) is 0. The molecule has 2 fully saturated rings. The number of hydrogen-bond acceptors (Lipinski definition) is 5. The van der Waals surface area contributed by atoms with Crippen LogP contribution in [0.3, 0.4) is 0 Å². The SMILES string of the molecule is CCNC(=NCc1ccccc1N1CCOCC1)NCC(C(C)C)N1CCOCC1.I.